The Bertz CT molecular complexity index is 269. The predicted octanol–water partition coefficient (Wildman–Crippen LogP) is -0.362. The average Bonchev–Trinajstić information content (AvgIpc) is 2.01. The number of nitrogens with zero attached hydrogens (tertiary/aromatic N) is 2. The van der Waals surface area contributed by atoms with Crippen molar-refractivity contribution in [3.8, 4) is 0 Å². The molecule has 0 saturated heterocycles. The molecule has 1 aromatic heterocycles. The van der Waals surface area contributed by atoms with E-state index in [4.69, 9.17) is 0 Å². The molecule has 0 N–H and O–H groups in total. The number of hydrogen-bond donors (Lipinski definition) is 0. The summed E-state index contributed by atoms with van der Waals surface area (Å²) in [6.07, 6.45) is 1.96. The Morgan fingerprint density at radius 2 is 1.71 bits per heavy atom. The van der Waals surface area contributed by atoms with Gasteiger partial charge in [-0.05, 0) is 0 Å². The van der Waals surface area contributed by atoms with Gasteiger partial charge in [-0.15, -0.1) is 0 Å². The normalized spacial score (nSPS) is 11.3. The first-order valence-electron chi connectivity index (χ1n) is 4.11. The van der Waals surface area contributed by atoms with Gasteiger partial charge >= 0.3 is 106 Å². The van der Waals surface area contributed by atoms with Crippen molar-refractivity contribution in [3.63, 3.8) is 0 Å². The Hall–Kier alpha value is 1.24. The summed E-state index contributed by atoms with van der Waals surface area (Å²) in [4.78, 5) is 9.04. The van der Waals surface area contributed by atoms with Crippen LogP contribution in [0.4, 0.5) is 0 Å². The van der Waals surface area contributed by atoms with E-state index >= 15 is 0 Å². The standard InChI is InChI=1S/C8H14As2N2Se2/c1-9(2)13-7-5-6-11-8(12-7)14-10(3)4/h5-6H,1-4H3. The number of rotatable bonds is 4. The van der Waals surface area contributed by atoms with E-state index in [2.05, 4.69) is 38.9 Å². The van der Waals surface area contributed by atoms with Gasteiger partial charge in [0.1, 0.15) is 0 Å². The summed E-state index contributed by atoms with van der Waals surface area (Å²) < 4.78 is 2.49. The quantitative estimate of drug-likeness (QED) is 0.591. The first-order chi connectivity index (χ1) is 6.58. The zero-order valence-corrected chi connectivity index (χ0v) is 15.9. The predicted molar refractivity (Wildman–Crippen MR) is 67.8 cm³/mol. The van der Waals surface area contributed by atoms with Crippen molar-refractivity contribution in [3.05, 3.63) is 12.3 Å². The van der Waals surface area contributed by atoms with Crippen molar-refractivity contribution in [1.82, 2.24) is 9.97 Å². The van der Waals surface area contributed by atoms with Gasteiger partial charge in [-0.2, -0.15) is 0 Å². The molecule has 2 nitrogen and oxygen atoms in total. The fraction of sp³-hybridized carbons (Fsp3) is 0.500. The average molecular weight is 446 g/mol. The minimum absolute atomic E-state index is 0.523. The second-order valence-corrected chi connectivity index (χ2v) is 32.1. The zero-order valence-electron chi connectivity index (χ0n) is 8.76. The summed E-state index contributed by atoms with van der Waals surface area (Å²) in [6.45, 7) is 0. The molecule has 0 aliphatic rings. The van der Waals surface area contributed by atoms with Gasteiger partial charge < -0.3 is 0 Å². The summed E-state index contributed by atoms with van der Waals surface area (Å²) >= 11 is 0.182. The summed E-state index contributed by atoms with van der Waals surface area (Å²) in [7, 11) is 0. The summed E-state index contributed by atoms with van der Waals surface area (Å²) in [5.74, 6) is 0. The van der Waals surface area contributed by atoms with Crippen LogP contribution in [-0.2, 0) is 0 Å². The van der Waals surface area contributed by atoms with E-state index in [-0.39, 0.29) is 0 Å². The summed E-state index contributed by atoms with van der Waals surface area (Å²) in [5, 5.41) is 0. The molecule has 0 atom stereocenters. The van der Waals surface area contributed by atoms with Gasteiger partial charge in [-0.1, -0.05) is 0 Å². The first kappa shape index (κ1) is 13.3. The zero-order chi connectivity index (χ0) is 10.6. The summed E-state index contributed by atoms with van der Waals surface area (Å²) in [5.41, 5.74) is 9.56. The molecule has 1 heterocycles. The van der Waals surface area contributed by atoms with Crippen LogP contribution in [0.25, 0.3) is 0 Å². The second-order valence-electron chi connectivity index (χ2n) is 2.98. The van der Waals surface area contributed by atoms with Crippen molar-refractivity contribution < 1.29 is 0 Å². The van der Waals surface area contributed by atoms with Crippen molar-refractivity contribution in [2.75, 3.05) is 0 Å². The van der Waals surface area contributed by atoms with E-state index < -0.39 is 25.5 Å². The Morgan fingerprint density at radius 3 is 2.29 bits per heavy atom. The SMILES string of the molecule is C[As](C)[Se]c1ccnc([Se][As](C)C)n1. The molecule has 0 aromatic carbocycles. The monoisotopic (exact) mass is 448 g/mol. The van der Waals surface area contributed by atoms with Gasteiger partial charge in [0.05, 0.1) is 0 Å². The molecule has 0 saturated carbocycles. The molecule has 0 bridgehead atoms. The molecule has 1 aromatic rings. The van der Waals surface area contributed by atoms with Crippen LogP contribution in [0.15, 0.2) is 12.3 Å². The molecule has 1 rings (SSSR count). The van der Waals surface area contributed by atoms with E-state index in [1.807, 2.05) is 6.20 Å². The molecule has 0 amide bonds. The van der Waals surface area contributed by atoms with Gasteiger partial charge in [0.2, 0.25) is 0 Å². The van der Waals surface area contributed by atoms with Crippen LogP contribution in [0.2, 0.25) is 22.8 Å². The second kappa shape index (κ2) is 6.74. The van der Waals surface area contributed by atoms with Crippen LogP contribution in [0.3, 0.4) is 0 Å². The van der Waals surface area contributed by atoms with Gasteiger partial charge in [0, 0.05) is 0 Å². The van der Waals surface area contributed by atoms with Crippen LogP contribution < -0.4 is 9.32 Å². The van der Waals surface area contributed by atoms with Crippen LogP contribution in [-0.4, -0.2) is 61.4 Å². The fourth-order valence-corrected chi connectivity index (χ4v) is 13.3. The van der Waals surface area contributed by atoms with E-state index in [9.17, 15) is 0 Å². The first-order valence-corrected chi connectivity index (χ1v) is 22.8. The van der Waals surface area contributed by atoms with E-state index in [1.165, 1.54) is 4.59 Å². The van der Waals surface area contributed by atoms with Crippen LogP contribution >= 0.6 is 0 Å². The number of hydrogen-bond acceptors (Lipinski definition) is 2. The van der Waals surface area contributed by atoms with Crippen LogP contribution in [0, 0.1) is 0 Å². The third-order valence-corrected chi connectivity index (χ3v) is 16.1. The van der Waals surface area contributed by atoms with Crippen LogP contribution in [0.5, 0.6) is 0 Å². The molecule has 6 heteroatoms. The molecular weight excluding hydrogens is 432 g/mol. The molecule has 0 radical (unpaired) electrons. The Labute approximate surface area is 105 Å². The van der Waals surface area contributed by atoms with E-state index in [0.717, 1.165) is 4.72 Å². The maximum atomic E-state index is 4.67. The van der Waals surface area contributed by atoms with E-state index in [0.29, 0.717) is 25.9 Å². The van der Waals surface area contributed by atoms with Crippen molar-refractivity contribution in [1.29, 1.82) is 0 Å². The molecule has 14 heavy (non-hydrogen) atoms. The van der Waals surface area contributed by atoms with Gasteiger partial charge in [-0.25, -0.2) is 0 Å². The van der Waals surface area contributed by atoms with Gasteiger partial charge in [0.25, 0.3) is 0 Å². The minimum atomic E-state index is -0.557. The number of aromatic nitrogens is 2. The Morgan fingerprint density at radius 1 is 1.07 bits per heavy atom. The molecular formula is C8H14As2N2Se2. The van der Waals surface area contributed by atoms with Gasteiger partial charge in [0.15, 0.2) is 0 Å². The third-order valence-electron chi connectivity index (χ3n) is 1.15. The molecule has 78 valence electrons. The van der Waals surface area contributed by atoms with Gasteiger partial charge in [-0.3, -0.25) is 0 Å². The molecule has 0 unspecified atom stereocenters. The fourth-order valence-electron chi connectivity index (χ4n) is 0.770. The van der Waals surface area contributed by atoms with Crippen molar-refractivity contribution in [2.45, 2.75) is 22.8 Å². The maximum absolute atomic E-state index is 4.67. The molecule has 0 aliphatic carbocycles. The van der Waals surface area contributed by atoms with Crippen molar-refractivity contribution in [2.24, 2.45) is 0 Å². The van der Waals surface area contributed by atoms with Crippen molar-refractivity contribution >= 4 is 60.8 Å². The van der Waals surface area contributed by atoms with E-state index in [1.54, 1.807) is 0 Å². The third kappa shape index (κ3) is 5.36. The summed E-state index contributed by atoms with van der Waals surface area (Å²) in [6, 6.07) is 2.11. The Kier molecular flexibility index (Phi) is 6.40. The topological polar surface area (TPSA) is 25.8 Å². The Balaban J connectivity index is 2.68. The van der Waals surface area contributed by atoms with Crippen LogP contribution in [0.1, 0.15) is 0 Å². The molecule has 0 spiro atoms. The molecule has 0 fully saturated rings. The molecule has 0 aliphatic heterocycles.